The van der Waals surface area contributed by atoms with Gasteiger partial charge in [-0.2, -0.15) is 4.58 Å². The van der Waals surface area contributed by atoms with Gasteiger partial charge in [0.1, 0.15) is 18.1 Å². The number of anilines is 1. The van der Waals surface area contributed by atoms with E-state index < -0.39 is 6.09 Å². The zero-order valence-corrected chi connectivity index (χ0v) is 43.5. The van der Waals surface area contributed by atoms with E-state index in [1.165, 1.54) is 68.7 Å². The Morgan fingerprint density at radius 1 is 0.764 bits per heavy atom. The molecule has 0 fully saturated rings. The molecule has 382 valence electrons. The Labute approximate surface area is 428 Å². The van der Waals surface area contributed by atoms with E-state index in [9.17, 15) is 4.79 Å². The fourth-order valence-corrected chi connectivity index (χ4v) is 10.4. The summed E-state index contributed by atoms with van der Waals surface area (Å²) >= 11 is 0. The number of allylic oxidation sites excluding steroid dienone is 7. The van der Waals surface area contributed by atoms with Crippen LogP contribution in [0.5, 0.6) is 5.75 Å². The minimum absolute atomic E-state index is 0.122. The summed E-state index contributed by atoms with van der Waals surface area (Å²) in [5.41, 5.74) is 18.3. The molecular formula is C60H77N6O6+. The van der Waals surface area contributed by atoms with Gasteiger partial charge in [-0.15, -0.1) is 0 Å². The van der Waals surface area contributed by atoms with Crippen molar-refractivity contribution in [1.82, 2.24) is 5.32 Å². The van der Waals surface area contributed by atoms with Gasteiger partial charge in [-0.05, 0) is 128 Å². The van der Waals surface area contributed by atoms with E-state index in [-0.39, 0.29) is 10.8 Å². The minimum Gasteiger partial charge on any atom is -0.457 e. The van der Waals surface area contributed by atoms with Gasteiger partial charge in [0.05, 0.1) is 51.7 Å². The third-order valence-electron chi connectivity index (χ3n) is 14.0. The number of alkyl carbamates (subject to hydrolysis) is 1. The number of carbonyl (C=O) groups is 1. The Kier molecular flexibility index (Phi) is 20.1. The van der Waals surface area contributed by atoms with Crippen LogP contribution in [0.1, 0.15) is 110 Å². The SMILES string of the molecule is CCCCCN1C(=CC=C2CCCC(C=CC3=[N+](CCCCCCOC(=O)NCCOCCOCCOCCN=[N+]=[N-])c4ccc5ccccc5c4C3(C)C)=C2Oc2ccccc2)C(C)(C)c2ccccc21. The average molecular weight is 978 g/mol. The standard InChI is InChI=1S/C60H76N6O6/c1-6-7-17-37-65-52-28-16-15-27-51(52)59(2,3)54(65)33-30-47-22-20-23-48(57(47)72-49-24-11-10-12-25-49)31-34-55-60(4,5)56-50-26-14-13-21-46(50)29-32-53(56)66(55)38-18-8-9-19-39-71-58(67)62-35-40-68-42-44-70-45-43-69-41-36-63-64-61/h10-16,21,24-34H,6-9,17-20,22-23,35-45H2,1-5H3/p+1. The Balaban J connectivity index is 1.02. The number of para-hydroxylation sites is 2. The highest BCUT2D eigenvalue weighted by Crippen LogP contribution is 2.48. The molecule has 0 atom stereocenters. The number of hydrogen-bond donors (Lipinski definition) is 1. The highest BCUT2D eigenvalue weighted by Gasteiger charge is 2.45. The monoisotopic (exact) mass is 978 g/mol. The molecule has 1 aliphatic carbocycles. The van der Waals surface area contributed by atoms with Crippen molar-refractivity contribution in [2.45, 2.75) is 110 Å². The summed E-state index contributed by atoms with van der Waals surface area (Å²) in [6.45, 7) is 17.1. The lowest BCUT2D eigenvalue weighted by atomic mass is 9.78. The first-order valence-electron chi connectivity index (χ1n) is 26.4. The van der Waals surface area contributed by atoms with Gasteiger partial charge in [-0.1, -0.05) is 105 Å². The van der Waals surface area contributed by atoms with E-state index >= 15 is 0 Å². The first-order chi connectivity index (χ1) is 35.1. The molecule has 4 aromatic carbocycles. The molecule has 0 aromatic heterocycles. The zero-order chi connectivity index (χ0) is 50.6. The predicted molar refractivity (Wildman–Crippen MR) is 291 cm³/mol. The predicted octanol–water partition coefficient (Wildman–Crippen LogP) is 13.7. The molecule has 3 aliphatic rings. The molecule has 1 N–H and O–H groups in total. The van der Waals surface area contributed by atoms with E-state index in [0.717, 1.165) is 76.0 Å². The fourth-order valence-electron chi connectivity index (χ4n) is 10.4. The summed E-state index contributed by atoms with van der Waals surface area (Å²) in [7, 11) is 0. The fraction of sp³-hybridized carbons (Fsp3) is 0.467. The van der Waals surface area contributed by atoms with Gasteiger partial charge in [0, 0.05) is 65.5 Å². The Bertz CT molecular complexity index is 2640. The van der Waals surface area contributed by atoms with E-state index in [1.54, 1.807) is 0 Å². The number of carbonyl (C=O) groups excluding carboxylic acids is 1. The number of nitrogens with zero attached hydrogens (tertiary/aromatic N) is 5. The van der Waals surface area contributed by atoms with Crippen LogP contribution in [0.25, 0.3) is 21.2 Å². The minimum atomic E-state index is -0.430. The number of hydrogen-bond acceptors (Lipinski definition) is 8. The molecule has 72 heavy (non-hydrogen) atoms. The third-order valence-corrected chi connectivity index (χ3v) is 14.0. The number of benzene rings is 4. The van der Waals surface area contributed by atoms with Crippen LogP contribution >= 0.6 is 0 Å². The highest BCUT2D eigenvalue weighted by atomic mass is 16.6. The van der Waals surface area contributed by atoms with E-state index in [0.29, 0.717) is 59.3 Å². The van der Waals surface area contributed by atoms with Crippen molar-refractivity contribution in [2.24, 2.45) is 5.11 Å². The molecule has 0 unspecified atom stereocenters. The maximum atomic E-state index is 12.3. The summed E-state index contributed by atoms with van der Waals surface area (Å²) in [6, 6.07) is 32.5. The van der Waals surface area contributed by atoms with Gasteiger partial charge in [-0.25, -0.2) is 4.79 Å². The molecule has 12 nitrogen and oxygen atoms in total. The summed E-state index contributed by atoms with van der Waals surface area (Å²) in [5, 5.41) is 8.73. The van der Waals surface area contributed by atoms with Crippen LogP contribution in [0.15, 0.2) is 143 Å². The van der Waals surface area contributed by atoms with Crippen molar-refractivity contribution in [3.8, 4) is 5.75 Å². The number of fused-ring (bicyclic) bond motifs is 4. The molecule has 4 aromatic rings. The molecule has 0 saturated heterocycles. The molecular weight excluding hydrogens is 901 g/mol. The zero-order valence-electron chi connectivity index (χ0n) is 43.5. The second-order valence-electron chi connectivity index (χ2n) is 19.8. The van der Waals surface area contributed by atoms with Gasteiger partial charge in [-0.3, -0.25) is 0 Å². The summed E-state index contributed by atoms with van der Waals surface area (Å²) in [5.74, 6) is 1.81. The molecule has 0 saturated carbocycles. The van der Waals surface area contributed by atoms with Crippen LogP contribution in [0.2, 0.25) is 0 Å². The molecule has 0 radical (unpaired) electrons. The van der Waals surface area contributed by atoms with Crippen LogP contribution in [0.4, 0.5) is 16.2 Å². The van der Waals surface area contributed by atoms with E-state index in [2.05, 4.69) is 157 Å². The van der Waals surface area contributed by atoms with Gasteiger partial charge in [0.15, 0.2) is 5.71 Å². The Morgan fingerprint density at radius 3 is 2.31 bits per heavy atom. The lowest BCUT2D eigenvalue weighted by molar-refractivity contribution is -0.438. The Morgan fingerprint density at radius 2 is 1.50 bits per heavy atom. The molecule has 0 spiro atoms. The molecule has 0 bridgehead atoms. The van der Waals surface area contributed by atoms with Crippen molar-refractivity contribution in [2.75, 3.05) is 77.3 Å². The second kappa shape index (κ2) is 27.0. The number of unbranched alkanes of at least 4 members (excludes halogenated alkanes) is 5. The topological polar surface area (TPSA) is 130 Å². The van der Waals surface area contributed by atoms with Crippen molar-refractivity contribution in [3.63, 3.8) is 0 Å². The molecule has 12 heteroatoms. The average Bonchev–Trinajstić information content (AvgIpc) is 3.74. The number of amides is 1. The normalized spacial score (nSPS) is 17.0. The highest BCUT2D eigenvalue weighted by molar-refractivity contribution is 6.07. The number of rotatable bonds is 28. The first kappa shape index (κ1) is 53.6. The van der Waals surface area contributed by atoms with Crippen molar-refractivity contribution in [3.05, 3.63) is 159 Å². The molecule has 7 rings (SSSR count). The maximum Gasteiger partial charge on any atom is 0.407 e. The van der Waals surface area contributed by atoms with Crippen LogP contribution in [-0.2, 0) is 29.8 Å². The van der Waals surface area contributed by atoms with Gasteiger partial charge in [0.25, 0.3) is 0 Å². The van der Waals surface area contributed by atoms with Gasteiger partial charge < -0.3 is 33.9 Å². The van der Waals surface area contributed by atoms with Crippen molar-refractivity contribution >= 4 is 34.0 Å². The van der Waals surface area contributed by atoms with Crippen LogP contribution in [-0.4, -0.2) is 88.8 Å². The van der Waals surface area contributed by atoms with Crippen molar-refractivity contribution < 1.29 is 33.1 Å². The lowest BCUT2D eigenvalue weighted by Crippen LogP contribution is -2.28. The lowest BCUT2D eigenvalue weighted by Gasteiger charge is -2.27. The number of ether oxygens (including phenoxy) is 5. The third kappa shape index (κ3) is 13.9. The van der Waals surface area contributed by atoms with Crippen LogP contribution < -0.4 is 15.0 Å². The smallest absolute Gasteiger partial charge is 0.407 e. The molecule has 2 aliphatic heterocycles. The Hall–Kier alpha value is -6.17. The first-order valence-corrected chi connectivity index (χ1v) is 26.4. The van der Waals surface area contributed by atoms with E-state index in [4.69, 9.17) is 29.2 Å². The summed E-state index contributed by atoms with van der Waals surface area (Å²) in [6.07, 6.45) is 19.3. The quantitative estimate of drug-likeness (QED) is 0.0197. The van der Waals surface area contributed by atoms with Gasteiger partial charge in [0.2, 0.25) is 5.69 Å². The van der Waals surface area contributed by atoms with E-state index in [1.807, 2.05) is 18.2 Å². The number of azide groups is 1. The second-order valence-corrected chi connectivity index (χ2v) is 19.8. The van der Waals surface area contributed by atoms with Gasteiger partial charge >= 0.3 is 6.09 Å². The largest absolute Gasteiger partial charge is 0.457 e. The summed E-state index contributed by atoms with van der Waals surface area (Å²) < 4.78 is 31.3. The van der Waals surface area contributed by atoms with Crippen LogP contribution in [0.3, 0.4) is 0 Å². The maximum absolute atomic E-state index is 12.3. The molecule has 1 amide bonds. The summed E-state index contributed by atoms with van der Waals surface area (Å²) in [4.78, 5) is 17.6. The van der Waals surface area contributed by atoms with Crippen LogP contribution in [0, 0.1) is 0 Å². The van der Waals surface area contributed by atoms with Crippen molar-refractivity contribution in [1.29, 1.82) is 0 Å². The molecule has 2 heterocycles. The number of nitrogens with one attached hydrogen (secondary N) is 1.